The van der Waals surface area contributed by atoms with E-state index in [9.17, 15) is 14.4 Å². The monoisotopic (exact) mass is 355 g/mol. The summed E-state index contributed by atoms with van der Waals surface area (Å²) in [6.45, 7) is 3.26. The molecular formula is C18H17N3O3S. The molecule has 0 aromatic heterocycles. The number of rotatable bonds is 3. The van der Waals surface area contributed by atoms with Gasteiger partial charge in [0.1, 0.15) is 0 Å². The SMILES string of the molecule is CC(=O)Nc1cccc(NC(=O)c2ccc3c(c2)NC(=O)C(C)S3)c1. The van der Waals surface area contributed by atoms with Gasteiger partial charge in [-0.25, -0.2) is 0 Å². The number of fused-ring (bicyclic) bond motifs is 1. The maximum absolute atomic E-state index is 12.5. The highest BCUT2D eigenvalue weighted by Crippen LogP contribution is 2.36. The van der Waals surface area contributed by atoms with Gasteiger partial charge < -0.3 is 16.0 Å². The lowest BCUT2D eigenvalue weighted by Crippen LogP contribution is -2.26. The van der Waals surface area contributed by atoms with Crippen LogP contribution in [0.2, 0.25) is 0 Å². The molecule has 1 aliphatic heterocycles. The zero-order chi connectivity index (χ0) is 18.0. The molecule has 0 saturated carbocycles. The average Bonchev–Trinajstić information content (AvgIpc) is 2.55. The maximum Gasteiger partial charge on any atom is 0.255 e. The Balaban J connectivity index is 1.77. The van der Waals surface area contributed by atoms with E-state index in [2.05, 4.69) is 16.0 Å². The molecule has 128 valence electrons. The predicted octanol–water partition coefficient (Wildman–Crippen LogP) is 3.33. The molecule has 0 bridgehead atoms. The van der Waals surface area contributed by atoms with Gasteiger partial charge in [-0.2, -0.15) is 0 Å². The number of thioether (sulfide) groups is 1. The van der Waals surface area contributed by atoms with Gasteiger partial charge in [-0.1, -0.05) is 6.07 Å². The molecule has 0 radical (unpaired) electrons. The molecule has 0 saturated heterocycles. The van der Waals surface area contributed by atoms with Crippen LogP contribution >= 0.6 is 11.8 Å². The van der Waals surface area contributed by atoms with Crippen LogP contribution in [0, 0.1) is 0 Å². The molecule has 1 atom stereocenters. The van der Waals surface area contributed by atoms with Crippen LogP contribution in [0.15, 0.2) is 47.4 Å². The number of hydrogen-bond donors (Lipinski definition) is 3. The van der Waals surface area contributed by atoms with Crippen molar-refractivity contribution in [1.29, 1.82) is 0 Å². The fraction of sp³-hybridized carbons (Fsp3) is 0.167. The second-order valence-electron chi connectivity index (χ2n) is 5.68. The Labute approximate surface area is 149 Å². The second kappa shape index (κ2) is 6.98. The minimum atomic E-state index is -0.291. The van der Waals surface area contributed by atoms with Gasteiger partial charge in [0.05, 0.1) is 10.9 Å². The van der Waals surface area contributed by atoms with Crippen molar-refractivity contribution < 1.29 is 14.4 Å². The molecule has 1 heterocycles. The van der Waals surface area contributed by atoms with E-state index in [0.29, 0.717) is 22.6 Å². The first kappa shape index (κ1) is 17.0. The van der Waals surface area contributed by atoms with Crippen LogP contribution in [0.4, 0.5) is 17.1 Å². The van der Waals surface area contributed by atoms with Crippen molar-refractivity contribution in [3.63, 3.8) is 0 Å². The molecule has 0 fully saturated rings. The number of amides is 3. The van der Waals surface area contributed by atoms with Gasteiger partial charge in [-0.15, -0.1) is 11.8 Å². The molecule has 6 nitrogen and oxygen atoms in total. The molecule has 1 unspecified atom stereocenters. The summed E-state index contributed by atoms with van der Waals surface area (Å²) in [4.78, 5) is 36.3. The van der Waals surface area contributed by atoms with E-state index in [-0.39, 0.29) is 23.0 Å². The van der Waals surface area contributed by atoms with Gasteiger partial charge in [0, 0.05) is 28.8 Å². The third-order valence-corrected chi connectivity index (χ3v) is 4.79. The van der Waals surface area contributed by atoms with E-state index in [4.69, 9.17) is 0 Å². The Bertz CT molecular complexity index is 866. The molecule has 0 aliphatic carbocycles. The minimum Gasteiger partial charge on any atom is -0.326 e. The molecule has 2 aromatic rings. The summed E-state index contributed by atoms with van der Waals surface area (Å²) in [5.41, 5.74) is 2.27. The number of anilines is 3. The molecule has 3 amide bonds. The third kappa shape index (κ3) is 4.00. The number of carbonyl (C=O) groups is 3. The largest absolute Gasteiger partial charge is 0.326 e. The van der Waals surface area contributed by atoms with E-state index in [1.54, 1.807) is 36.4 Å². The van der Waals surface area contributed by atoms with Crippen LogP contribution in [0.3, 0.4) is 0 Å². The van der Waals surface area contributed by atoms with Gasteiger partial charge in [-0.05, 0) is 43.3 Å². The molecule has 25 heavy (non-hydrogen) atoms. The Kier molecular flexibility index (Phi) is 4.76. The van der Waals surface area contributed by atoms with Crippen molar-refractivity contribution in [3.05, 3.63) is 48.0 Å². The van der Waals surface area contributed by atoms with Crippen molar-refractivity contribution in [1.82, 2.24) is 0 Å². The highest BCUT2D eigenvalue weighted by Gasteiger charge is 2.23. The van der Waals surface area contributed by atoms with Crippen LogP contribution < -0.4 is 16.0 Å². The van der Waals surface area contributed by atoms with Crippen LogP contribution in [-0.4, -0.2) is 23.0 Å². The van der Waals surface area contributed by atoms with E-state index < -0.39 is 0 Å². The normalized spacial score (nSPS) is 15.8. The lowest BCUT2D eigenvalue weighted by atomic mass is 10.1. The van der Waals surface area contributed by atoms with Crippen molar-refractivity contribution in [3.8, 4) is 0 Å². The lowest BCUT2D eigenvalue weighted by molar-refractivity contribution is -0.115. The first-order valence-electron chi connectivity index (χ1n) is 7.73. The van der Waals surface area contributed by atoms with Crippen LogP contribution in [0.25, 0.3) is 0 Å². The number of nitrogens with one attached hydrogen (secondary N) is 3. The topological polar surface area (TPSA) is 87.3 Å². The van der Waals surface area contributed by atoms with Crippen molar-refractivity contribution in [2.24, 2.45) is 0 Å². The van der Waals surface area contributed by atoms with Crippen molar-refractivity contribution in [2.45, 2.75) is 24.0 Å². The molecule has 0 spiro atoms. The number of benzene rings is 2. The highest BCUT2D eigenvalue weighted by atomic mass is 32.2. The number of hydrogen-bond acceptors (Lipinski definition) is 4. The quantitative estimate of drug-likeness (QED) is 0.788. The van der Waals surface area contributed by atoms with Crippen molar-refractivity contribution in [2.75, 3.05) is 16.0 Å². The Morgan fingerprint density at radius 3 is 2.52 bits per heavy atom. The van der Waals surface area contributed by atoms with Crippen LogP contribution in [-0.2, 0) is 9.59 Å². The fourth-order valence-corrected chi connectivity index (χ4v) is 3.36. The van der Waals surface area contributed by atoms with Crippen molar-refractivity contribution >= 4 is 46.5 Å². The van der Waals surface area contributed by atoms with E-state index in [1.165, 1.54) is 18.7 Å². The third-order valence-electron chi connectivity index (χ3n) is 3.61. The highest BCUT2D eigenvalue weighted by molar-refractivity contribution is 8.00. The zero-order valence-corrected chi connectivity index (χ0v) is 14.6. The Morgan fingerprint density at radius 1 is 1.08 bits per heavy atom. The average molecular weight is 355 g/mol. The lowest BCUT2D eigenvalue weighted by Gasteiger charge is -2.21. The summed E-state index contributed by atoms with van der Waals surface area (Å²) in [7, 11) is 0. The van der Waals surface area contributed by atoms with E-state index in [0.717, 1.165) is 4.90 Å². The Morgan fingerprint density at radius 2 is 1.80 bits per heavy atom. The summed E-state index contributed by atoms with van der Waals surface area (Å²) < 4.78 is 0. The summed E-state index contributed by atoms with van der Waals surface area (Å²) in [6, 6.07) is 12.1. The van der Waals surface area contributed by atoms with Gasteiger partial charge >= 0.3 is 0 Å². The molecule has 3 rings (SSSR count). The summed E-state index contributed by atoms with van der Waals surface area (Å²) in [5, 5.41) is 8.12. The van der Waals surface area contributed by atoms with Gasteiger partial charge in [-0.3, -0.25) is 14.4 Å². The molecule has 2 aromatic carbocycles. The van der Waals surface area contributed by atoms with Crippen LogP contribution in [0.1, 0.15) is 24.2 Å². The summed E-state index contributed by atoms with van der Waals surface area (Å²) in [6.07, 6.45) is 0. The number of carbonyl (C=O) groups excluding carboxylic acids is 3. The molecule has 1 aliphatic rings. The molecule has 3 N–H and O–H groups in total. The van der Waals surface area contributed by atoms with E-state index >= 15 is 0 Å². The summed E-state index contributed by atoms with van der Waals surface area (Å²) >= 11 is 1.47. The first-order valence-corrected chi connectivity index (χ1v) is 8.61. The standard InChI is InChI=1S/C18H17N3O3S/c1-10-17(23)21-15-8-12(6-7-16(15)25-10)18(24)20-14-5-3-4-13(9-14)19-11(2)22/h3-10H,1-2H3,(H,19,22)(H,20,24)(H,21,23). The second-order valence-corrected chi connectivity index (χ2v) is 7.06. The first-order chi connectivity index (χ1) is 11.9. The zero-order valence-electron chi connectivity index (χ0n) is 13.8. The fourth-order valence-electron chi connectivity index (χ4n) is 2.43. The molecule has 7 heteroatoms. The van der Waals surface area contributed by atoms with Gasteiger partial charge in [0.15, 0.2) is 0 Å². The van der Waals surface area contributed by atoms with Gasteiger partial charge in [0.25, 0.3) is 5.91 Å². The molecular weight excluding hydrogens is 338 g/mol. The van der Waals surface area contributed by atoms with E-state index in [1.807, 2.05) is 13.0 Å². The van der Waals surface area contributed by atoms with Crippen LogP contribution in [0.5, 0.6) is 0 Å². The minimum absolute atomic E-state index is 0.0712. The predicted molar refractivity (Wildman–Crippen MR) is 99.1 cm³/mol. The Hall–Kier alpha value is -2.80. The maximum atomic E-state index is 12.5. The smallest absolute Gasteiger partial charge is 0.255 e. The van der Waals surface area contributed by atoms with Gasteiger partial charge in [0.2, 0.25) is 11.8 Å². The summed E-state index contributed by atoms with van der Waals surface area (Å²) in [5.74, 6) is -0.542.